The van der Waals surface area contributed by atoms with Crippen molar-refractivity contribution in [2.75, 3.05) is 0 Å². The number of pyridine rings is 1. The number of aromatic amines is 1. The lowest BCUT2D eigenvalue weighted by molar-refractivity contribution is 1.08. The van der Waals surface area contributed by atoms with E-state index in [1.807, 2.05) is 42.6 Å². The minimum atomic E-state index is 0.831. The van der Waals surface area contributed by atoms with E-state index in [0.717, 1.165) is 57.5 Å². The quantitative estimate of drug-likeness (QED) is 0.333. The summed E-state index contributed by atoms with van der Waals surface area (Å²) in [6.07, 6.45) is 3.80. The van der Waals surface area contributed by atoms with Crippen LogP contribution in [0, 0.1) is 0 Å². The molecule has 3 aromatic carbocycles. The SMILES string of the molecule is CCc1cccc(CC)c1N=Cc1ccc2cccc(-c3nc4ccccc4[nH]3)c2n1. The molecule has 5 rings (SSSR count). The highest BCUT2D eigenvalue weighted by Crippen LogP contribution is 2.28. The van der Waals surface area contributed by atoms with E-state index >= 15 is 0 Å². The molecule has 31 heavy (non-hydrogen) atoms. The van der Waals surface area contributed by atoms with Crippen molar-refractivity contribution in [2.45, 2.75) is 26.7 Å². The molecule has 0 radical (unpaired) electrons. The molecule has 2 heterocycles. The van der Waals surface area contributed by atoms with Crippen LogP contribution in [0.25, 0.3) is 33.3 Å². The highest BCUT2D eigenvalue weighted by Gasteiger charge is 2.10. The molecule has 4 nitrogen and oxygen atoms in total. The van der Waals surface area contributed by atoms with Crippen molar-refractivity contribution < 1.29 is 0 Å². The van der Waals surface area contributed by atoms with Crippen molar-refractivity contribution >= 4 is 33.8 Å². The van der Waals surface area contributed by atoms with Gasteiger partial charge in [-0.1, -0.05) is 62.4 Å². The van der Waals surface area contributed by atoms with E-state index in [0.29, 0.717) is 0 Å². The number of imidazole rings is 1. The fourth-order valence-corrected chi connectivity index (χ4v) is 4.02. The zero-order valence-electron chi connectivity index (χ0n) is 17.8. The van der Waals surface area contributed by atoms with E-state index in [4.69, 9.17) is 15.0 Å². The number of aliphatic imine (C=N–C) groups is 1. The van der Waals surface area contributed by atoms with E-state index in [2.05, 4.69) is 55.2 Å². The van der Waals surface area contributed by atoms with Gasteiger partial charge in [-0.2, -0.15) is 0 Å². The highest BCUT2D eigenvalue weighted by atomic mass is 14.9. The average Bonchev–Trinajstić information content (AvgIpc) is 3.26. The predicted octanol–water partition coefficient (Wildman–Crippen LogP) is 6.65. The largest absolute Gasteiger partial charge is 0.338 e. The number of aromatic nitrogens is 3. The second kappa shape index (κ2) is 8.15. The van der Waals surface area contributed by atoms with Gasteiger partial charge in [-0.3, -0.25) is 4.99 Å². The Kier molecular flexibility index (Phi) is 5.04. The van der Waals surface area contributed by atoms with Gasteiger partial charge in [0.15, 0.2) is 0 Å². The van der Waals surface area contributed by atoms with Crippen molar-refractivity contribution in [3.63, 3.8) is 0 Å². The lowest BCUT2D eigenvalue weighted by atomic mass is 10.0. The van der Waals surface area contributed by atoms with Gasteiger partial charge in [0.2, 0.25) is 0 Å². The molecule has 0 atom stereocenters. The van der Waals surface area contributed by atoms with Gasteiger partial charge in [0.05, 0.1) is 34.1 Å². The molecule has 0 amide bonds. The molecule has 4 heteroatoms. The van der Waals surface area contributed by atoms with Crippen LogP contribution in [0.2, 0.25) is 0 Å². The van der Waals surface area contributed by atoms with Crippen LogP contribution >= 0.6 is 0 Å². The first-order valence-electron chi connectivity index (χ1n) is 10.8. The van der Waals surface area contributed by atoms with Crippen molar-refractivity contribution in [1.82, 2.24) is 15.0 Å². The number of nitrogens with one attached hydrogen (secondary N) is 1. The Morgan fingerprint density at radius 1 is 0.806 bits per heavy atom. The van der Waals surface area contributed by atoms with Crippen molar-refractivity contribution in [3.8, 4) is 11.4 Å². The second-order valence-electron chi connectivity index (χ2n) is 7.61. The van der Waals surface area contributed by atoms with E-state index < -0.39 is 0 Å². The lowest BCUT2D eigenvalue weighted by Gasteiger charge is -2.08. The zero-order valence-corrected chi connectivity index (χ0v) is 17.8. The summed E-state index contributed by atoms with van der Waals surface area (Å²) in [6.45, 7) is 4.34. The van der Waals surface area contributed by atoms with Crippen LogP contribution in [0.5, 0.6) is 0 Å². The molecule has 1 N–H and O–H groups in total. The van der Waals surface area contributed by atoms with Gasteiger partial charge in [-0.25, -0.2) is 9.97 Å². The van der Waals surface area contributed by atoms with Crippen LogP contribution in [-0.2, 0) is 12.8 Å². The molecular formula is C27H24N4. The molecule has 0 aliphatic heterocycles. The molecule has 0 aliphatic rings. The smallest absolute Gasteiger partial charge is 0.140 e. The lowest BCUT2D eigenvalue weighted by Crippen LogP contribution is -1.93. The van der Waals surface area contributed by atoms with Gasteiger partial charge >= 0.3 is 0 Å². The average molecular weight is 405 g/mol. The number of para-hydroxylation sites is 4. The number of hydrogen-bond donors (Lipinski definition) is 1. The number of aryl methyl sites for hydroxylation is 2. The van der Waals surface area contributed by atoms with E-state index in [1.54, 1.807) is 0 Å². The number of nitrogens with zero attached hydrogens (tertiary/aromatic N) is 3. The normalized spacial score (nSPS) is 11.7. The number of H-pyrrole nitrogens is 1. The third-order valence-corrected chi connectivity index (χ3v) is 5.68. The van der Waals surface area contributed by atoms with E-state index in [9.17, 15) is 0 Å². The monoisotopic (exact) mass is 404 g/mol. The van der Waals surface area contributed by atoms with Crippen LogP contribution in [-0.4, -0.2) is 21.2 Å². The third kappa shape index (κ3) is 3.61. The summed E-state index contributed by atoms with van der Waals surface area (Å²) in [5.74, 6) is 0.831. The van der Waals surface area contributed by atoms with Crippen LogP contribution in [0.15, 0.2) is 77.8 Å². The molecule has 0 spiro atoms. The fourth-order valence-electron chi connectivity index (χ4n) is 4.02. The Morgan fingerprint density at radius 3 is 2.35 bits per heavy atom. The van der Waals surface area contributed by atoms with Crippen LogP contribution < -0.4 is 0 Å². The Bertz CT molecular complexity index is 1360. The van der Waals surface area contributed by atoms with Crippen LogP contribution in [0.1, 0.15) is 30.7 Å². The van der Waals surface area contributed by atoms with Gasteiger partial charge < -0.3 is 4.98 Å². The molecule has 0 saturated heterocycles. The molecule has 0 bridgehead atoms. The minimum absolute atomic E-state index is 0.831. The number of benzene rings is 3. The number of rotatable bonds is 5. The summed E-state index contributed by atoms with van der Waals surface area (Å²) in [7, 11) is 0. The number of fused-ring (bicyclic) bond motifs is 2. The van der Waals surface area contributed by atoms with E-state index in [1.165, 1.54) is 11.1 Å². The van der Waals surface area contributed by atoms with Crippen LogP contribution in [0.4, 0.5) is 5.69 Å². The number of hydrogen-bond acceptors (Lipinski definition) is 3. The van der Waals surface area contributed by atoms with Gasteiger partial charge in [0, 0.05) is 10.9 Å². The maximum Gasteiger partial charge on any atom is 0.140 e. The molecule has 0 unspecified atom stereocenters. The highest BCUT2D eigenvalue weighted by molar-refractivity contribution is 5.95. The molecule has 0 fully saturated rings. The molecule has 0 aliphatic carbocycles. The van der Waals surface area contributed by atoms with Crippen molar-refractivity contribution in [2.24, 2.45) is 4.99 Å². The van der Waals surface area contributed by atoms with Gasteiger partial charge in [-0.05, 0) is 48.2 Å². The fraction of sp³-hybridized carbons (Fsp3) is 0.148. The maximum absolute atomic E-state index is 4.94. The minimum Gasteiger partial charge on any atom is -0.338 e. The summed E-state index contributed by atoms with van der Waals surface area (Å²) in [4.78, 5) is 18.0. The van der Waals surface area contributed by atoms with Crippen molar-refractivity contribution in [3.05, 3.63) is 89.6 Å². The van der Waals surface area contributed by atoms with E-state index in [-0.39, 0.29) is 0 Å². The summed E-state index contributed by atoms with van der Waals surface area (Å²) < 4.78 is 0. The van der Waals surface area contributed by atoms with Gasteiger partial charge in [0.1, 0.15) is 5.82 Å². The van der Waals surface area contributed by atoms with Gasteiger partial charge in [-0.15, -0.1) is 0 Å². The summed E-state index contributed by atoms with van der Waals surface area (Å²) in [5, 5.41) is 1.08. The molecule has 5 aromatic rings. The van der Waals surface area contributed by atoms with Gasteiger partial charge in [0.25, 0.3) is 0 Å². The maximum atomic E-state index is 4.94. The Hall–Kier alpha value is -3.79. The summed E-state index contributed by atoms with van der Waals surface area (Å²) in [5.41, 5.74) is 8.32. The first kappa shape index (κ1) is 19.2. The van der Waals surface area contributed by atoms with Crippen LogP contribution in [0.3, 0.4) is 0 Å². The summed E-state index contributed by atoms with van der Waals surface area (Å²) in [6, 6.07) is 24.8. The third-order valence-electron chi connectivity index (χ3n) is 5.68. The topological polar surface area (TPSA) is 53.9 Å². The van der Waals surface area contributed by atoms with Crippen molar-refractivity contribution in [1.29, 1.82) is 0 Å². The Labute approximate surface area is 181 Å². The Morgan fingerprint density at radius 2 is 1.58 bits per heavy atom. The summed E-state index contributed by atoms with van der Waals surface area (Å²) >= 11 is 0. The zero-order chi connectivity index (χ0) is 21.2. The molecule has 2 aromatic heterocycles. The Balaban J connectivity index is 1.59. The predicted molar refractivity (Wildman–Crippen MR) is 129 cm³/mol. The molecule has 152 valence electrons. The standard InChI is InChI=1S/C27H24N4/c1-3-18-9-7-10-19(4-2)25(18)28-17-21-16-15-20-11-8-12-22(26(20)29-21)27-30-23-13-5-6-14-24(23)31-27/h5-17H,3-4H2,1-2H3,(H,30,31). The molecule has 0 saturated carbocycles. The second-order valence-corrected chi connectivity index (χ2v) is 7.61. The molecular weight excluding hydrogens is 380 g/mol. The first-order chi connectivity index (χ1) is 15.3. The first-order valence-corrected chi connectivity index (χ1v) is 10.8.